The molecule has 0 saturated heterocycles. The molecule has 0 atom stereocenters. The minimum Gasteiger partial charge on any atom is -0.464 e. The molecule has 0 aliphatic rings. The first-order valence-corrected chi connectivity index (χ1v) is 5.69. The summed E-state index contributed by atoms with van der Waals surface area (Å²) in [5.41, 5.74) is 0.424. The molecule has 0 radical (unpaired) electrons. The number of rotatable bonds is 1. The number of allylic oxidation sites excluding steroid dienone is 1. The lowest BCUT2D eigenvalue weighted by atomic mass is 10.5. The SMILES string of the molecule is C=CC.CC.COC(=O)c1c(Br)ncn1C. The first-order valence-electron chi connectivity index (χ1n) is 4.90. The van der Waals surface area contributed by atoms with E-state index in [0.717, 1.165) is 0 Å². The van der Waals surface area contributed by atoms with Gasteiger partial charge in [0.1, 0.15) is 4.60 Å². The minimum absolute atomic E-state index is 0.392. The largest absolute Gasteiger partial charge is 0.464 e. The molecule has 5 heteroatoms. The van der Waals surface area contributed by atoms with Gasteiger partial charge >= 0.3 is 5.97 Å². The predicted octanol–water partition coefficient (Wildman–Crippen LogP) is 3.19. The van der Waals surface area contributed by atoms with Crippen LogP contribution in [0.25, 0.3) is 0 Å². The van der Waals surface area contributed by atoms with Crippen LogP contribution in [0.5, 0.6) is 0 Å². The fourth-order valence-corrected chi connectivity index (χ4v) is 1.26. The van der Waals surface area contributed by atoms with Crippen molar-refractivity contribution >= 4 is 21.9 Å². The molecule has 0 N–H and O–H groups in total. The van der Waals surface area contributed by atoms with Gasteiger partial charge in [-0.3, -0.25) is 0 Å². The van der Waals surface area contributed by atoms with Crippen molar-refractivity contribution in [3.8, 4) is 0 Å². The molecule has 1 rings (SSSR count). The molecule has 0 bridgehead atoms. The van der Waals surface area contributed by atoms with Crippen molar-refractivity contribution < 1.29 is 9.53 Å². The van der Waals surface area contributed by atoms with Crippen LogP contribution in [0.4, 0.5) is 0 Å². The highest BCUT2D eigenvalue weighted by Gasteiger charge is 2.14. The molecule has 0 aromatic carbocycles. The summed E-state index contributed by atoms with van der Waals surface area (Å²) in [5, 5.41) is 0. The molecule has 0 saturated carbocycles. The van der Waals surface area contributed by atoms with Gasteiger partial charge in [-0.2, -0.15) is 0 Å². The maximum Gasteiger partial charge on any atom is 0.357 e. The zero-order chi connectivity index (χ0) is 13.1. The van der Waals surface area contributed by atoms with Gasteiger partial charge in [-0.1, -0.05) is 19.9 Å². The molecule has 0 aliphatic heterocycles. The van der Waals surface area contributed by atoms with Crippen LogP contribution in [-0.2, 0) is 11.8 Å². The summed E-state index contributed by atoms with van der Waals surface area (Å²) in [4.78, 5) is 14.9. The van der Waals surface area contributed by atoms with E-state index in [1.807, 2.05) is 20.8 Å². The fraction of sp³-hybridized carbons (Fsp3) is 0.455. The summed E-state index contributed by atoms with van der Waals surface area (Å²) < 4.78 is 6.63. The smallest absolute Gasteiger partial charge is 0.357 e. The minimum atomic E-state index is -0.392. The number of esters is 1. The molecular formula is C11H19BrN2O2. The van der Waals surface area contributed by atoms with E-state index in [9.17, 15) is 4.79 Å². The van der Waals surface area contributed by atoms with Gasteiger partial charge in [0, 0.05) is 7.05 Å². The van der Waals surface area contributed by atoms with E-state index in [1.54, 1.807) is 17.7 Å². The molecule has 0 amide bonds. The molecule has 0 aliphatic carbocycles. The maximum absolute atomic E-state index is 11.0. The predicted molar refractivity (Wildman–Crippen MR) is 69.5 cm³/mol. The average Bonchev–Trinajstić information content (AvgIpc) is 2.62. The van der Waals surface area contributed by atoms with E-state index < -0.39 is 5.97 Å². The lowest BCUT2D eigenvalue weighted by Gasteiger charge is -1.98. The van der Waals surface area contributed by atoms with Crippen LogP contribution in [0, 0.1) is 0 Å². The Morgan fingerprint density at radius 3 is 2.31 bits per heavy atom. The van der Waals surface area contributed by atoms with E-state index in [-0.39, 0.29) is 0 Å². The molecule has 16 heavy (non-hydrogen) atoms. The molecule has 1 heterocycles. The lowest BCUT2D eigenvalue weighted by molar-refractivity contribution is 0.0588. The van der Waals surface area contributed by atoms with Gasteiger partial charge in [-0.05, 0) is 22.9 Å². The van der Waals surface area contributed by atoms with Crippen LogP contribution in [0.15, 0.2) is 23.6 Å². The van der Waals surface area contributed by atoms with Crippen molar-refractivity contribution in [2.45, 2.75) is 20.8 Å². The number of ether oxygens (including phenoxy) is 1. The highest BCUT2D eigenvalue weighted by atomic mass is 79.9. The van der Waals surface area contributed by atoms with Crippen molar-refractivity contribution in [1.29, 1.82) is 0 Å². The third-order valence-corrected chi connectivity index (χ3v) is 1.85. The molecule has 0 unspecified atom stereocenters. The zero-order valence-corrected chi connectivity index (χ0v) is 12.0. The number of hydrogen-bond acceptors (Lipinski definition) is 3. The van der Waals surface area contributed by atoms with Gasteiger partial charge in [-0.15, -0.1) is 6.58 Å². The lowest BCUT2D eigenvalue weighted by Crippen LogP contribution is -2.07. The highest BCUT2D eigenvalue weighted by Crippen LogP contribution is 2.13. The Morgan fingerprint density at radius 1 is 1.62 bits per heavy atom. The number of aromatic nitrogens is 2. The monoisotopic (exact) mass is 290 g/mol. The molecule has 1 aromatic heterocycles. The van der Waals surface area contributed by atoms with E-state index in [4.69, 9.17) is 0 Å². The Bertz CT molecular complexity index is 302. The van der Waals surface area contributed by atoms with Gasteiger partial charge in [0.05, 0.1) is 13.4 Å². The van der Waals surface area contributed by atoms with E-state index in [1.165, 1.54) is 13.4 Å². The normalized spacial score (nSPS) is 7.88. The first-order chi connectivity index (χ1) is 7.58. The van der Waals surface area contributed by atoms with Gasteiger partial charge in [-0.25, -0.2) is 9.78 Å². The van der Waals surface area contributed by atoms with Crippen LogP contribution in [0.2, 0.25) is 0 Å². The van der Waals surface area contributed by atoms with Crippen LogP contribution in [-0.4, -0.2) is 22.6 Å². The Labute approximate surface area is 105 Å². The number of carbonyl (C=O) groups excluding carboxylic acids is 1. The Kier molecular flexibility index (Phi) is 11.3. The number of aryl methyl sites for hydroxylation is 1. The van der Waals surface area contributed by atoms with E-state index >= 15 is 0 Å². The van der Waals surface area contributed by atoms with Crippen molar-refractivity contribution in [2.75, 3.05) is 7.11 Å². The second-order valence-corrected chi connectivity index (χ2v) is 3.15. The number of carbonyl (C=O) groups is 1. The summed E-state index contributed by atoms with van der Waals surface area (Å²) in [7, 11) is 3.06. The first kappa shape index (κ1) is 17.3. The van der Waals surface area contributed by atoms with Gasteiger partial charge in [0.15, 0.2) is 5.69 Å². The quantitative estimate of drug-likeness (QED) is 0.589. The molecule has 0 spiro atoms. The summed E-state index contributed by atoms with van der Waals surface area (Å²) in [6.45, 7) is 9.25. The van der Waals surface area contributed by atoms with E-state index in [0.29, 0.717) is 10.3 Å². The highest BCUT2D eigenvalue weighted by molar-refractivity contribution is 9.10. The van der Waals surface area contributed by atoms with Crippen LogP contribution < -0.4 is 0 Å². The number of methoxy groups -OCH3 is 1. The van der Waals surface area contributed by atoms with Crippen LogP contribution in [0.1, 0.15) is 31.3 Å². The molecule has 92 valence electrons. The third-order valence-electron chi connectivity index (χ3n) is 1.27. The zero-order valence-electron chi connectivity index (χ0n) is 10.5. The summed E-state index contributed by atoms with van der Waals surface area (Å²) in [5.74, 6) is -0.392. The Balaban J connectivity index is 0. The second kappa shape index (κ2) is 10.4. The maximum atomic E-state index is 11.0. The van der Waals surface area contributed by atoms with Gasteiger partial charge in [0.25, 0.3) is 0 Å². The van der Waals surface area contributed by atoms with E-state index in [2.05, 4.69) is 32.2 Å². The summed E-state index contributed by atoms with van der Waals surface area (Å²) >= 11 is 3.13. The molecule has 4 nitrogen and oxygen atoms in total. The van der Waals surface area contributed by atoms with Gasteiger partial charge < -0.3 is 9.30 Å². The Morgan fingerprint density at radius 2 is 2.06 bits per heavy atom. The number of hydrogen-bond donors (Lipinski definition) is 0. The summed E-state index contributed by atoms with van der Waals surface area (Å²) in [6, 6.07) is 0. The van der Waals surface area contributed by atoms with Gasteiger partial charge in [0.2, 0.25) is 0 Å². The van der Waals surface area contributed by atoms with Crippen LogP contribution >= 0.6 is 15.9 Å². The number of imidazole rings is 1. The molecular weight excluding hydrogens is 272 g/mol. The van der Waals surface area contributed by atoms with Crippen molar-refractivity contribution in [3.05, 3.63) is 29.3 Å². The topological polar surface area (TPSA) is 44.1 Å². The number of halogens is 1. The molecule has 0 fully saturated rings. The number of nitrogens with zero attached hydrogens (tertiary/aromatic N) is 2. The van der Waals surface area contributed by atoms with Crippen molar-refractivity contribution in [1.82, 2.24) is 9.55 Å². The standard InChI is InChI=1S/C6H7BrN2O2.C3H6.C2H6/c1-9-3-8-5(7)4(9)6(10)11-2;1-3-2;1-2/h3H,1-2H3;3H,1H2,2H3;1-2H3. The average molecular weight is 291 g/mol. The van der Waals surface area contributed by atoms with Crippen molar-refractivity contribution in [2.24, 2.45) is 7.05 Å². The van der Waals surface area contributed by atoms with Crippen molar-refractivity contribution in [3.63, 3.8) is 0 Å². The molecule has 1 aromatic rings. The third kappa shape index (κ3) is 5.70. The fourth-order valence-electron chi connectivity index (χ4n) is 0.727. The second-order valence-electron chi connectivity index (χ2n) is 2.39. The Hall–Kier alpha value is -1.10. The van der Waals surface area contributed by atoms with Crippen LogP contribution in [0.3, 0.4) is 0 Å². The summed E-state index contributed by atoms with van der Waals surface area (Å²) in [6.07, 6.45) is 3.29.